The zero-order chi connectivity index (χ0) is 7.28. The van der Waals surface area contributed by atoms with Gasteiger partial charge in [-0.3, -0.25) is 4.79 Å². The average Bonchev–Trinajstić information content (AvgIpc) is 1.83. The van der Waals surface area contributed by atoms with Crippen molar-refractivity contribution in [2.24, 2.45) is 0 Å². The van der Waals surface area contributed by atoms with Crippen molar-refractivity contribution in [3.05, 3.63) is 0 Å². The van der Waals surface area contributed by atoms with Crippen LogP contribution in [0.25, 0.3) is 0 Å². The summed E-state index contributed by atoms with van der Waals surface area (Å²) >= 11 is 0. The molecule has 0 aliphatic heterocycles. The van der Waals surface area contributed by atoms with Crippen LogP contribution in [-0.4, -0.2) is 19.3 Å². The molecule has 0 saturated carbocycles. The van der Waals surface area contributed by atoms with Crippen LogP contribution in [0.3, 0.4) is 0 Å². The summed E-state index contributed by atoms with van der Waals surface area (Å²) < 4.78 is 6.50. The van der Waals surface area contributed by atoms with Crippen LogP contribution in [0.2, 0.25) is 0 Å². The van der Waals surface area contributed by atoms with Crippen LogP contribution in [-0.2, 0) is 4.79 Å². The fourth-order valence-corrected chi connectivity index (χ4v) is 0.279. The van der Waals surface area contributed by atoms with Gasteiger partial charge in [-0.25, -0.2) is 0 Å². The summed E-state index contributed by atoms with van der Waals surface area (Å²) in [5, 5.41) is 2.24. The van der Waals surface area contributed by atoms with Crippen molar-refractivity contribution in [1.82, 2.24) is 5.32 Å². The van der Waals surface area contributed by atoms with Gasteiger partial charge in [0.25, 0.3) is 0 Å². The van der Waals surface area contributed by atoms with Crippen molar-refractivity contribution in [2.45, 2.75) is 6.92 Å². The molecule has 0 atom stereocenters. The molecule has 4 heteroatoms. The van der Waals surface area contributed by atoms with Crippen LogP contribution < -0.4 is 5.32 Å². The van der Waals surface area contributed by atoms with Crippen LogP contribution in [0.1, 0.15) is 6.92 Å². The average molecular weight is 134 g/mol. The molecule has 0 fully saturated rings. The second kappa shape index (κ2) is 3.56. The van der Waals surface area contributed by atoms with Crippen molar-refractivity contribution in [3.8, 4) is 0 Å². The number of carbonyl (C=O) groups is 2. The lowest BCUT2D eigenvalue weighted by Gasteiger charge is -2.01. The Hall–Kier alpha value is -0.430. The lowest BCUT2D eigenvalue weighted by atomic mass is 10.5. The third-order valence-corrected chi connectivity index (χ3v) is 0.647. The Labute approximate surface area is 51.3 Å². The first-order valence-electron chi connectivity index (χ1n) is 2.54. The minimum absolute atomic E-state index is 0.0325. The molecule has 0 unspecified atom stereocenters. The number of hydrogen-bond acceptors (Lipinski definition) is 2. The fraction of sp³-hybridized carbons (Fsp3) is 0.500. The molecule has 0 heterocycles. The number of amides is 1. The highest BCUT2D eigenvalue weighted by Gasteiger charge is 1.87. The first-order valence-corrected chi connectivity index (χ1v) is 2.54. The Morgan fingerprint density at radius 3 is 2.88 bits per heavy atom. The van der Waals surface area contributed by atoms with Gasteiger partial charge < -0.3 is 19.3 Å². The fourth-order valence-electron chi connectivity index (χ4n) is 0.200. The number of hydrogen-bond donors (Lipinski definition) is 1. The summed E-state index contributed by atoms with van der Waals surface area (Å²) in [4.78, 5) is 20.4. The third-order valence-electron chi connectivity index (χ3n) is 0.489. The molecule has 1 N–H and O–H groups in total. The molecule has 0 bridgehead atoms. The molecule has 0 spiro atoms. The van der Waals surface area contributed by atoms with Crippen molar-refractivity contribution in [2.75, 3.05) is 6.54 Å². The first-order chi connectivity index (χ1) is 4.16. The van der Waals surface area contributed by atoms with Crippen molar-refractivity contribution in [3.63, 3.8) is 0 Å². The smallest absolute Gasteiger partial charge is 0.148 e. The predicted octanol–water partition coefficient (Wildman–Crippen LogP) is 0.428. The molecule has 0 aromatic heterocycles. The molecule has 0 radical (unpaired) electrons. The number of Topliss-reactive ketones (excluding diaryl/α,β-unsaturated/α-hetero) is 1. The Bertz CT molecular complexity index is 128. The zero-order valence-corrected chi connectivity index (χ0v) is 5.37. The third kappa shape index (κ3) is 5.57. The van der Waals surface area contributed by atoms with E-state index in [0.29, 0.717) is 0 Å². The van der Waals surface area contributed by atoms with Crippen LogP contribution >= 0.6 is 9.18 Å². The number of rotatable bonds is 3. The first kappa shape index (κ1) is 5.70. The van der Waals surface area contributed by atoms with Gasteiger partial charge in [-0.15, -0.1) is 0 Å². The van der Waals surface area contributed by atoms with E-state index in [0.717, 1.165) is 0 Å². The maximum absolute atomic E-state index is 10.3. The standard InChI is InChI=1S/C4H7NO2P/c1-3(6)2-5-4(7)8/h8H,2H2,1H3,(H,5,7)/q-1/i8T. The van der Waals surface area contributed by atoms with Gasteiger partial charge in [0.1, 0.15) is 5.78 Å². The van der Waals surface area contributed by atoms with Gasteiger partial charge in [0.05, 0.1) is 12.2 Å². The second-order valence-corrected chi connectivity index (χ2v) is 1.77. The molecular weight excluding hydrogens is 125 g/mol. The molecule has 0 saturated heterocycles. The summed E-state index contributed by atoms with van der Waals surface area (Å²) in [6.07, 6.45) is 0. The molecular formula is C4H7NO2P-. The SMILES string of the molecule is [3H][P-]C(=O)NCC(C)=O. The van der Waals surface area contributed by atoms with Crippen LogP contribution in [0.15, 0.2) is 0 Å². The normalized spacial score (nSPS) is 11.4. The number of ketones is 1. The van der Waals surface area contributed by atoms with Crippen LogP contribution in [0.4, 0.5) is 4.79 Å². The molecule has 1 amide bonds. The lowest BCUT2D eigenvalue weighted by molar-refractivity contribution is -0.116. The Morgan fingerprint density at radius 1 is 1.88 bits per heavy atom. The Kier molecular flexibility index (Phi) is 2.54. The van der Waals surface area contributed by atoms with Crippen LogP contribution in [0.5, 0.6) is 0 Å². The largest absolute Gasteiger partial charge is 0.459 e. The molecule has 0 aromatic carbocycles. The quantitative estimate of drug-likeness (QED) is 0.569. The highest BCUT2D eigenvalue weighted by molar-refractivity contribution is 7.39. The molecule has 0 aromatic rings. The summed E-state index contributed by atoms with van der Waals surface area (Å²) in [5.74, 6) is -0.105. The molecule has 46 valence electrons. The summed E-state index contributed by atoms with van der Waals surface area (Å²) in [6, 6.07) is 0. The minimum atomic E-state index is -0.440. The maximum atomic E-state index is 10.3. The van der Waals surface area contributed by atoms with Gasteiger partial charge in [0.2, 0.25) is 0 Å². The molecule has 8 heavy (non-hydrogen) atoms. The number of nitrogens with one attached hydrogen (secondary N) is 1. The van der Waals surface area contributed by atoms with E-state index in [1.165, 1.54) is 6.92 Å². The molecule has 0 aliphatic rings. The predicted molar refractivity (Wildman–Crippen MR) is 32.4 cm³/mol. The van der Waals surface area contributed by atoms with E-state index in [1.807, 2.05) is 0 Å². The van der Waals surface area contributed by atoms with Crippen molar-refractivity contribution in [1.29, 1.82) is 1.28 Å². The second-order valence-electron chi connectivity index (χ2n) is 1.36. The van der Waals surface area contributed by atoms with E-state index in [2.05, 4.69) is 5.32 Å². The van der Waals surface area contributed by atoms with Gasteiger partial charge in [0.15, 0.2) is 0 Å². The summed E-state index contributed by atoms with van der Waals surface area (Å²) in [5.41, 5.74) is -0.440. The topological polar surface area (TPSA) is 46.2 Å². The van der Waals surface area contributed by atoms with Gasteiger partial charge in [-0.1, -0.05) is 0 Å². The van der Waals surface area contributed by atoms with E-state index < -0.39 is 5.65 Å². The lowest BCUT2D eigenvalue weighted by Crippen LogP contribution is -2.22. The molecule has 0 rings (SSSR count). The van der Waals surface area contributed by atoms with E-state index >= 15 is 0 Å². The molecule has 0 aliphatic carbocycles. The van der Waals surface area contributed by atoms with E-state index in [-0.39, 0.29) is 21.5 Å². The highest BCUT2D eigenvalue weighted by atomic mass is 31.0. The minimum Gasteiger partial charge on any atom is -0.459 e. The van der Waals surface area contributed by atoms with Gasteiger partial charge >= 0.3 is 0 Å². The molecule has 3 nitrogen and oxygen atoms in total. The number of carbonyl (C=O) groups excluding carboxylic acids is 2. The van der Waals surface area contributed by atoms with Gasteiger partial charge in [-0.05, 0) is 6.92 Å². The van der Waals surface area contributed by atoms with Crippen molar-refractivity contribution >= 4 is 20.6 Å². The van der Waals surface area contributed by atoms with Crippen molar-refractivity contribution < 1.29 is 9.59 Å². The monoisotopic (exact) mass is 134 g/mol. The highest BCUT2D eigenvalue weighted by Crippen LogP contribution is 1.79. The van der Waals surface area contributed by atoms with E-state index in [9.17, 15) is 9.59 Å². The summed E-state index contributed by atoms with van der Waals surface area (Å²) in [6.45, 7) is 1.41. The summed E-state index contributed by atoms with van der Waals surface area (Å²) in [7, 11) is -0.103. The van der Waals surface area contributed by atoms with E-state index in [4.69, 9.17) is 1.28 Å². The van der Waals surface area contributed by atoms with Crippen LogP contribution in [0, 0.1) is 0 Å². The van der Waals surface area contributed by atoms with E-state index in [1.54, 1.807) is 0 Å². The Morgan fingerprint density at radius 2 is 2.50 bits per heavy atom. The maximum Gasteiger partial charge on any atom is 0.148 e. The van der Waals surface area contributed by atoms with Gasteiger partial charge in [-0.2, -0.15) is 1.28 Å². The zero-order valence-electron chi connectivity index (χ0n) is 5.47. The Balaban J connectivity index is 3.28. The van der Waals surface area contributed by atoms with Gasteiger partial charge in [0, 0.05) is 0 Å².